The number of hydrogen-bond acceptors (Lipinski definition) is 3. The molecule has 120 valence electrons. The summed E-state index contributed by atoms with van der Waals surface area (Å²) in [6.45, 7) is 12.2. The van der Waals surface area contributed by atoms with Crippen LogP contribution in [-0.2, 0) is 4.74 Å². The van der Waals surface area contributed by atoms with Crippen LogP contribution in [0.3, 0.4) is 0 Å². The summed E-state index contributed by atoms with van der Waals surface area (Å²) < 4.78 is 5.71. The van der Waals surface area contributed by atoms with E-state index in [2.05, 4.69) is 39.9 Å². The smallest absolute Gasteiger partial charge is 0.0897 e. The summed E-state index contributed by atoms with van der Waals surface area (Å²) in [5, 5.41) is 13.5. The summed E-state index contributed by atoms with van der Waals surface area (Å²) >= 11 is 0. The molecule has 3 nitrogen and oxygen atoms in total. The Morgan fingerprint density at radius 1 is 1.25 bits per heavy atom. The fourth-order valence-corrected chi connectivity index (χ4v) is 3.47. The lowest BCUT2D eigenvalue weighted by molar-refractivity contribution is -0.00963. The molecule has 0 aromatic carbocycles. The molecule has 2 N–H and O–H groups in total. The maximum absolute atomic E-state index is 10.0. The Labute approximate surface area is 125 Å². The lowest BCUT2D eigenvalue weighted by Gasteiger charge is -2.23. The second kappa shape index (κ2) is 9.01. The zero-order valence-electron chi connectivity index (χ0n) is 14.1. The van der Waals surface area contributed by atoms with Crippen molar-refractivity contribution >= 4 is 0 Å². The van der Waals surface area contributed by atoms with E-state index in [1.165, 1.54) is 19.3 Å². The number of rotatable bonds is 9. The predicted molar refractivity (Wildman–Crippen MR) is 84.8 cm³/mol. The Hall–Kier alpha value is -0.120. The first-order valence-corrected chi connectivity index (χ1v) is 8.47. The van der Waals surface area contributed by atoms with E-state index in [9.17, 15) is 5.11 Å². The van der Waals surface area contributed by atoms with Gasteiger partial charge in [0.1, 0.15) is 0 Å². The molecule has 0 amide bonds. The van der Waals surface area contributed by atoms with Gasteiger partial charge in [0.2, 0.25) is 0 Å². The first kappa shape index (κ1) is 17.9. The van der Waals surface area contributed by atoms with Gasteiger partial charge in [-0.15, -0.1) is 0 Å². The number of aliphatic hydroxyl groups is 1. The predicted octanol–water partition coefficient (Wildman–Crippen LogP) is 3.21. The second-order valence-corrected chi connectivity index (χ2v) is 7.05. The normalized spacial score (nSPS) is 29.9. The van der Waals surface area contributed by atoms with Gasteiger partial charge in [-0.25, -0.2) is 0 Å². The van der Waals surface area contributed by atoms with Crippen LogP contribution < -0.4 is 5.32 Å². The van der Waals surface area contributed by atoms with E-state index < -0.39 is 6.10 Å². The van der Waals surface area contributed by atoms with Gasteiger partial charge in [-0.1, -0.05) is 34.1 Å². The zero-order chi connectivity index (χ0) is 15.1. The molecule has 1 fully saturated rings. The van der Waals surface area contributed by atoms with Crippen molar-refractivity contribution in [3.05, 3.63) is 0 Å². The quantitative estimate of drug-likeness (QED) is 0.683. The minimum Gasteiger partial charge on any atom is -0.389 e. The molecule has 1 rings (SSSR count). The molecular formula is C17H35NO2. The van der Waals surface area contributed by atoms with Crippen molar-refractivity contribution in [1.82, 2.24) is 5.32 Å². The molecule has 3 heteroatoms. The largest absolute Gasteiger partial charge is 0.389 e. The SMILES string of the molecule is CCC1CCC(NCC(O)COC(C)CC(C)C)C1C. The average Bonchev–Trinajstić information content (AvgIpc) is 2.73. The van der Waals surface area contributed by atoms with Crippen LogP contribution >= 0.6 is 0 Å². The molecule has 1 aliphatic rings. The van der Waals surface area contributed by atoms with E-state index in [0.717, 1.165) is 18.3 Å². The molecule has 0 aliphatic heterocycles. The molecule has 0 heterocycles. The number of ether oxygens (including phenoxy) is 1. The summed E-state index contributed by atoms with van der Waals surface area (Å²) in [6.07, 6.45) is 4.75. The standard InChI is InChI=1S/C17H35NO2/c1-6-15-7-8-17(14(15)5)18-10-16(19)11-20-13(4)9-12(2)3/h12-19H,6-11H2,1-5H3. The van der Waals surface area contributed by atoms with Crippen LogP contribution in [0.4, 0.5) is 0 Å². The maximum Gasteiger partial charge on any atom is 0.0897 e. The Morgan fingerprint density at radius 2 is 1.95 bits per heavy atom. The van der Waals surface area contributed by atoms with Crippen molar-refractivity contribution in [3.8, 4) is 0 Å². The summed E-state index contributed by atoms with van der Waals surface area (Å²) in [5.74, 6) is 2.23. The highest BCUT2D eigenvalue weighted by Gasteiger charge is 2.31. The summed E-state index contributed by atoms with van der Waals surface area (Å²) in [7, 11) is 0. The Morgan fingerprint density at radius 3 is 2.50 bits per heavy atom. The molecule has 5 atom stereocenters. The van der Waals surface area contributed by atoms with Crippen molar-refractivity contribution < 1.29 is 9.84 Å². The monoisotopic (exact) mass is 285 g/mol. The van der Waals surface area contributed by atoms with E-state index in [-0.39, 0.29) is 6.10 Å². The van der Waals surface area contributed by atoms with Crippen LogP contribution in [0.25, 0.3) is 0 Å². The topological polar surface area (TPSA) is 41.5 Å². The molecule has 1 saturated carbocycles. The minimum absolute atomic E-state index is 0.236. The second-order valence-electron chi connectivity index (χ2n) is 7.05. The van der Waals surface area contributed by atoms with Gasteiger partial charge in [0.25, 0.3) is 0 Å². The fraction of sp³-hybridized carbons (Fsp3) is 1.00. The maximum atomic E-state index is 10.0. The van der Waals surface area contributed by atoms with E-state index >= 15 is 0 Å². The molecule has 0 radical (unpaired) electrons. The van der Waals surface area contributed by atoms with E-state index in [0.29, 0.717) is 25.1 Å². The van der Waals surface area contributed by atoms with Crippen LogP contribution in [0.1, 0.15) is 60.3 Å². The molecule has 0 spiro atoms. The van der Waals surface area contributed by atoms with Crippen LogP contribution in [0.15, 0.2) is 0 Å². The van der Waals surface area contributed by atoms with Gasteiger partial charge in [0.15, 0.2) is 0 Å². The van der Waals surface area contributed by atoms with Crippen molar-refractivity contribution in [2.24, 2.45) is 17.8 Å². The van der Waals surface area contributed by atoms with E-state index in [1.54, 1.807) is 0 Å². The number of hydrogen-bond donors (Lipinski definition) is 2. The third-order valence-electron chi connectivity index (χ3n) is 4.74. The van der Waals surface area contributed by atoms with E-state index in [1.807, 2.05) is 0 Å². The van der Waals surface area contributed by atoms with Crippen molar-refractivity contribution in [1.29, 1.82) is 0 Å². The molecule has 1 aliphatic carbocycles. The fourth-order valence-electron chi connectivity index (χ4n) is 3.47. The van der Waals surface area contributed by atoms with Crippen LogP contribution in [0.2, 0.25) is 0 Å². The van der Waals surface area contributed by atoms with Gasteiger partial charge in [0.05, 0.1) is 18.8 Å². The van der Waals surface area contributed by atoms with Gasteiger partial charge in [-0.3, -0.25) is 0 Å². The third-order valence-corrected chi connectivity index (χ3v) is 4.74. The van der Waals surface area contributed by atoms with Crippen molar-refractivity contribution in [2.45, 2.75) is 78.6 Å². The van der Waals surface area contributed by atoms with Gasteiger partial charge >= 0.3 is 0 Å². The molecule has 0 aromatic heterocycles. The summed E-state index contributed by atoms with van der Waals surface area (Å²) in [4.78, 5) is 0. The van der Waals surface area contributed by atoms with E-state index in [4.69, 9.17) is 4.74 Å². The third kappa shape index (κ3) is 6.11. The van der Waals surface area contributed by atoms with Crippen LogP contribution in [0.5, 0.6) is 0 Å². The van der Waals surface area contributed by atoms with Crippen LogP contribution in [0, 0.1) is 17.8 Å². The average molecular weight is 285 g/mol. The van der Waals surface area contributed by atoms with Crippen molar-refractivity contribution in [3.63, 3.8) is 0 Å². The first-order valence-electron chi connectivity index (χ1n) is 8.47. The summed E-state index contributed by atoms with van der Waals surface area (Å²) in [5.41, 5.74) is 0. The lowest BCUT2D eigenvalue weighted by Crippen LogP contribution is -2.39. The summed E-state index contributed by atoms with van der Waals surface area (Å²) in [6, 6.07) is 0.572. The molecular weight excluding hydrogens is 250 g/mol. The minimum atomic E-state index is -0.391. The van der Waals surface area contributed by atoms with Gasteiger partial charge < -0.3 is 15.2 Å². The van der Waals surface area contributed by atoms with Crippen LogP contribution in [-0.4, -0.2) is 36.5 Å². The molecule has 5 unspecified atom stereocenters. The lowest BCUT2D eigenvalue weighted by atomic mass is 9.93. The highest BCUT2D eigenvalue weighted by atomic mass is 16.5. The number of nitrogens with one attached hydrogen (secondary N) is 1. The molecule has 0 saturated heterocycles. The highest BCUT2D eigenvalue weighted by molar-refractivity contribution is 4.86. The molecule has 0 aromatic rings. The zero-order valence-corrected chi connectivity index (χ0v) is 14.1. The van der Waals surface area contributed by atoms with Gasteiger partial charge in [-0.05, 0) is 43.9 Å². The Bertz CT molecular complexity index is 257. The molecule has 20 heavy (non-hydrogen) atoms. The first-order chi connectivity index (χ1) is 9.43. The Balaban J connectivity index is 2.15. The number of aliphatic hydroxyl groups excluding tert-OH is 1. The Kier molecular flexibility index (Phi) is 8.08. The van der Waals surface area contributed by atoms with Gasteiger partial charge in [-0.2, -0.15) is 0 Å². The highest BCUT2D eigenvalue weighted by Crippen LogP contribution is 2.33. The van der Waals surface area contributed by atoms with Gasteiger partial charge in [0, 0.05) is 12.6 Å². The van der Waals surface area contributed by atoms with Crippen molar-refractivity contribution in [2.75, 3.05) is 13.2 Å². The molecule has 0 bridgehead atoms.